The van der Waals surface area contributed by atoms with Gasteiger partial charge in [0.25, 0.3) is 0 Å². The molecule has 18 N–H and O–H groups in total. The van der Waals surface area contributed by atoms with E-state index in [1.165, 1.54) is 0 Å². The molecule has 0 aliphatic heterocycles. The van der Waals surface area contributed by atoms with Gasteiger partial charge in [-0.3, -0.25) is 8.42 Å². The zero-order chi connectivity index (χ0) is 4.50. The van der Waals surface area contributed by atoms with Crippen LogP contribution in [0, 0.1) is 0 Å². The summed E-state index contributed by atoms with van der Waals surface area (Å²) in [5.41, 5.74) is 0. The Morgan fingerprint density at radius 1 is 0.667 bits per heavy atom. The van der Waals surface area contributed by atoms with Crippen LogP contribution in [0.5, 0.6) is 0 Å². The first-order valence-corrected chi connectivity index (χ1v) is 2.00. The van der Waals surface area contributed by atoms with E-state index in [1.807, 2.05) is 0 Å². The van der Waals surface area contributed by atoms with Crippen LogP contribution >= 0.6 is 0 Å². The van der Waals surface area contributed by atoms with E-state index in [1.54, 1.807) is 0 Å². The smallest absolute Gasteiger partial charge is 0.759 e. The predicted molar refractivity (Wildman–Crippen MR) is 40.6 cm³/mol. The molecule has 83 valence electrons. The van der Waals surface area contributed by atoms with Crippen LogP contribution in [0.3, 0.4) is 0 Å². The summed E-state index contributed by atoms with van der Waals surface area (Å²) in [6.45, 7) is 0. The molecule has 12 heavy (non-hydrogen) atoms. The molecule has 12 heteroatoms. The molecular formula is H18CrN6O4S+. The fourth-order valence-corrected chi connectivity index (χ4v) is 0. The second-order valence-corrected chi connectivity index (χ2v) is 1.22. The molecule has 0 aromatic heterocycles. The van der Waals surface area contributed by atoms with Crippen LogP contribution in [0.15, 0.2) is 0 Å². The molecule has 0 fully saturated rings. The molecule has 1 radical (unpaired) electrons. The monoisotopic (exact) mass is 250 g/mol. The van der Waals surface area contributed by atoms with Crippen molar-refractivity contribution in [1.82, 2.24) is 36.9 Å². The zero-order valence-corrected chi connectivity index (χ0v) is 8.78. The van der Waals surface area contributed by atoms with Crippen LogP contribution in [0.2, 0.25) is 0 Å². The molecule has 10 nitrogen and oxygen atoms in total. The van der Waals surface area contributed by atoms with Crippen LogP contribution in [-0.2, 0) is 27.8 Å². The Hall–Kier alpha value is 0.162. The van der Waals surface area contributed by atoms with E-state index in [0.717, 1.165) is 0 Å². The molecule has 0 aromatic carbocycles. The maximum atomic E-state index is 8.52. The Kier molecular flexibility index (Phi) is 221. The van der Waals surface area contributed by atoms with Crippen LogP contribution in [-0.4, -0.2) is 17.5 Å². The summed E-state index contributed by atoms with van der Waals surface area (Å²) in [4.78, 5) is 0. The number of hydrogen-bond acceptors (Lipinski definition) is 10. The fourth-order valence-electron chi connectivity index (χ4n) is 0. The maximum Gasteiger partial charge on any atom is 3.00 e. The summed E-state index contributed by atoms with van der Waals surface area (Å²) < 4.78 is 34.1. The quantitative estimate of drug-likeness (QED) is 0.239. The van der Waals surface area contributed by atoms with E-state index in [-0.39, 0.29) is 54.3 Å². The van der Waals surface area contributed by atoms with Crippen molar-refractivity contribution in [3.8, 4) is 0 Å². The first kappa shape index (κ1) is 87.5. The zero-order valence-electron chi connectivity index (χ0n) is 6.69. The van der Waals surface area contributed by atoms with Gasteiger partial charge in [0.2, 0.25) is 0 Å². The summed E-state index contributed by atoms with van der Waals surface area (Å²) in [7, 11) is -5.17. The molecule has 0 spiro atoms. The molecule has 0 bridgehead atoms. The van der Waals surface area contributed by atoms with Crippen molar-refractivity contribution >= 4 is 10.4 Å². The fraction of sp³-hybridized carbons (Fsp3) is 0. The van der Waals surface area contributed by atoms with Crippen LogP contribution in [0.1, 0.15) is 0 Å². The Bertz CT molecular complexity index is 103. The molecule has 0 saturated heterocycles. The van der Waals surface area contributed by atoms with Crippen molar-refractivity contribution in [1.29, 1.82) is 0 Å². The van der Waals surface area contributed by atoms with E-state index in [2.05, 4.69) is 0 Å². The summed E-state index contributed by atoms with van der Waals surface area (Å²) >= 11 is 0. The molecule has 0 aliphatic carbocycles. The maximum absolute atomic E-state index is 8.52. The van der Waals surface area contributed by atoms with Gasteiger partial charge in [-0.05, 0) is 0 Å². The number of rotatable bonds is 0. The normalized spacial score (nSPS) is 4.83. The van der Waals surface area contributed by atoms with Crippen molar-refractivity contribution in [2.45, 2.75) is 0 Å². The van der Waals surface area contributed by atoms with Gasteiger partial charge in [0.15, 0.2) is 0 Å². The minimum atomic E-state index is -5.17. The minimum absolute atomic E-state index is 0. The van der Waals surface area contributed by atoms with Gasteiger partial charge in [-0.15, -0.1) is 0 Å². The minimum Gasteiger partial charge on any atom is -0.759 e. The van der Waals surface area contributed by atoms with E-state index in [9.17, 15) is 0 Å². The summed E-state index contributed by atoms with van der Waals surface area (Å²) in [6.07, 6.45) is 0. The van der Waals surface area contributed by atoms with Crippen molar-refractivity contribution in [2.75, 3.05) is 0 Å². The largest absolute Gasteiger partial charge is 3.00 e. The van der Waals surface area contributed by atoms with Crippen molar-refractivity contribution in [3.05, 3.63) is 0 Å². The Balaban J connectivity index is -0.00000000381. The second kappa shape index (κ2) is 30.4. The standard InChI is InChI=1S/Cr.6H3N.H2O4S/c;;;;;;;1-5(2,3)4/h;6*1H3;(H2,1,2,3,4)/q+3;;;;;;;/p-2. The molecule has 0 unspecified atom stereocenters. The summed E-state index contributed by atoms with van der Waals surface area (Å²) in [5, 5.41) is 0. The molecular weight excluding hydrogens is 232 g/mol. The van der Waals surface area contributed by atoms with Crippen molar-refractivity contribution in [2.24, 2.45) is 0 Å². The molecule has 0 heterocycles. The molecule has 0 aromatic rings. The van der Waals surface area contributed by atoms with Gasteiger partial charge in [-0.2, -0.15) is 0 Å². The average Bonchev–Trinajstić information content (AvgIpc) is 0.722. The van der Waals surface area contributed by atoms with Crippen molar-refractivity contribution in [3.63, 3.8) is 0 Å². The van der Waals surface area contributed by atoms with E-state index < -0.39 is 10.4 Å². The van der Waals surface area contributed by atoms with Crippen molar-refractivity contribution < 1.29 is 34.9 Å². The van der Waals surface area contributed by atoms with E-state index in [0.29, 0.717) is 0 Å². The van der Waals surface area contributed by atoms with Gasteiger partial charge in [0, 0.05) is 10.4 Å². The van der Waals surface area contributed by atoms with Crippen LogP contribution < -0.4 is 36.9 Å². The topological polar surface area (TPSA) is 290 Å². The summed E-state index contributed by atoms with van der Waals surface area (Å²) in [5.74, 6) is 0. The summed E-state index contributed by atoms with van der Waals surface area (Å²) in [6, 6.07) is 0. The third-order valence-corrected chi connectivity index (χ3v) is 0. The molecule has 0 aliphatic rings. The Morgan fingerprint density at radius 2 is 0.667 bits per heavy atom. The third-order valence-electron chi connectivity index (χ3n) is 0. The first-order chi connectivity index (χ1) is 2.00. The molecule has 0 atom stereocenters. The third kappa shape index (κ3) is 32300. The Labute approximate surface area is 82.7 Å². The van der Waals surface area contributed by atoms with E-state index in [4.69, 9.17) is 17.5 Å². The van der Waals surface area contributed by atoms with Crippen LogP contribution in [0.4, 0.5) is 0 Å². The van der Waals surface area contributed by atoms with Gasteiger partial charge in [0.1, 0.15) is 0 Å². The predicted octanol–water partition coefficient (Wildman–Crippen LogP) is -0.369. The molecule has 0 amide bonds. The molecule has 0 saturated carbocycles. The first-order valence-electron chi connectivity index (χ1n) is 0.667. The van der Waals surface area contributed by atoms with Gasteiger partial charge < -0.3 is 46.0 Å². The Morgan fingerprint density at radius 3 is 0.667 bits per heavy atom. The van der Waals surface area contributed by atoms with Gasteiger partial charge in [-0.1, -0.05) is 0 Å². The molecule has 0 rings (SSSR count). The number of hydrogen-bond donors (Lipinski definition) is 6. The second-order valence-electron chi connectivity index (χ2n) is 0.408. The SMILES string of the molecule is N.N.N.N.N.N.O=S(=O)([O-])[O-].[Cr+3]. The van der Waals surface area contributed by atoms with Crippen LogP contribution in [0.25, 0.3) is 0 Å². The van der Waals surface area contributed by atoms with Gasteiger partial charge in [0.05, 0.1) is 0 Å². The van der Waals surface area contributed by atoms with Gasteiger partial charge in [-0.25, -0.2) is 0 Å². The van der Waals surface area contributed by atoms with E-state index >= 15 is 0 Å². The average molecular weight is 250 g/mol. The van der Waals surface area contributed by atoms with Gasteiger partial charge >= 0.3 is 17.4 Å².